The Hall–Kier alpha value is -3.92. The summed E-state index contributed by atoms with van der Waals surface area (Å²) in [6.07, 6.45) is 0. The van der Waals surface area contributed by atoms with E-state index < -0.39 is 40.2 Å². The SMILES string of the molecule is COc1ccc(S(=O)(=O)N(CC(=O)N(Cc2ccccc2F)[C@H](C)C(=O)NC(C)C)c2ccc(C)cc2)cc1. The van der Waals surface area contributed by atoms with Gasteiger partial charge in [0.05, 0.1) is 17.7 Å². The summed E-state index contributed by atoms with van der Waals surface area (Å²) < 4.78 is 48.3. The van der Waals surface area contributed by atoms with Crippen LogP contribution < -0.4 is 14.4 Å². The molecule has 0 aliphatic carbocycles. The number of rotatable bonds is 11. The summed E-state index contributed by atoms with van der Waals surface area (Å²) in [5.41, 5.74) is 1.39. The molecule has 0 bridgehead atoms. The Morgan fingerprint density at radius 3 is 2.13 bits per heavy atom. The number of hydrogen-bond donors (Lipinski definition) is 1. The van der Waals surface area contributed by atoms with Crippen molar-refractivity contribution >= 4 is 27.5 Å². The molecule has 0 aliphatic rings. The first-order valence-corrected chi connectivity index (χ1v) is 13.9. The number of nitrogens with zero attached hydrogens (tertiary/aromatic N) is 2. The van der Waals surface area contributed by atoms with Crippen LogP contribution in [0.25, 0.3) is 0 Å². The molecule has 0 aromatic heterocycles. The summed E-state index contributed by atoms with van der Waals surface area (Å²) in [5.74, 6) is -1.15. The molecule has 1 N–H and O–H groups in total. The van der Waals surface area contributed by atoms with E-state index in [0.29, 0.717) is 5.75 Å². The van der Waals surface area contributed by atoms with Gasteiger partial charge in [-0.05, 0) is 70.2 Å². The number of halogens is 1. The Labute approximate surface area is 229 Å². The minimum absolute atomic E-state index is 0.0390. The number of anilines is 1. The Bertz CT molecular complexity index is 1390. The first kappa shape index (κ1) is 29.6. The molecule has 0 aliphatic heterocycles. The topological polar surface area (TPSA) is 96.0 Å². The third-order valence-electron chi connectivity index (χ3n) is 6.15. The number of carbonyl (C=O) groups excluding carboxylic acids is 2. The van der Waals surface area contributed by atoms with Crippen LogP contribution in [0, 0.1) is 12.7 Å². The second-order valence-electron chi connectivity index (χ2n) is 9.48. The monoisotopic (exact) mass is 555 g/mol. The normalized spacial score (nSPS) is 12.1. The van der Waals surface area contributed by atoms with Crippen molar-refractivity contribution in [1.29, 1.82) is 0 Å². The van der Waals surface area contributed by atoms with Gasteiger partial charge in [-0.15, -0.1) is 0 Å². The van der Waals surface area contributed by atoms with Crippen molar-refractivity contribution < 1.29 is 27.1 Å². The van der Waals surface area contributed by atoms with Gasteiger partial charge < -0.3 is 15.0 Å². The average Bonchev–Trinajstić information content (AvgIpc) is 2.91. The van der Waals surface area contributed by atoms with Crippen LogP contribution in [-0.4, -0.2) is 50.9 Å². The molecule has 0 fully saturated rings. The standard InChI is InChI=1S/C29H34FN3O5S/c1-20(2)31-29(35)22(4)32(18-23-8-6-7-9-27(23)30)28(34)19-33(24-12-10-21(3)11-13-24)39(36,37)26-16-14-25(38-5)15-17-26/h6-17,20,22H,18-19H2,1-5H3,(H,31,35)/t22-/m1/s1. The van der Waals surface area contributed by atoms with E-state index >= 15 is 0 Å². The summed E-state index contributed by atoms with van der Waals surface area (Å²) in [6, 6.07) is 17.3. The van der Waals surface area contributed by atoms with Crippen molar-refractivity contribution in [2.75, 3.05) is 18.0 Å². The average molecular weight is 556 g/mol. The van der Waals surface area contributed by atoms with E-state index in [4.69, 9.17) is 4.74 Å². The predicted octanol–water partition coefficient (Wildman–Crippen LogP) is 4.28. The highest BCUT2D eigenvalue weighted by Crippen LogP contribution is 2.26. The number of nitrogens with one attached hydrogen (secondary N) is 1. The first-order chi connectivity index (χ1) is 18.4. The van der Waals surface area contributed by atoms with Crippen molar-refractivity contribution in [1.82, 2.24) is 10.2 Å². The maximum absolute atomic E-state index is 14.6. The molecule has 39 heavy (non-hydrogen) atoms. The van der Waals surface area contributed by atoms with Crippen molar-refractivity contribution in [3.63, 3.8) is 0 Å². The number of methoxy groups -OCH3 is 1. The molecular formula is C29H34FN3O5S. The fourth-order valence-electron chi connectivity index (χ4n) is 3.91. The van der Waals surface area contributed by atoms with Crippen molar-refractivity contribution in [3.05, 3.63) is 89.7 Å². The van der Waals surface area contributed by atoms with Crippen molar-refractivity contribution in [2.45, 2.75) is 51.2 Å². The van der Waals surface area contributed by atoms with Gasteiger partial charge in [0, 0.05) is 18.2 Å². The van der Waals surface area contributed by atoms with Gasteiger partial charge in [0.25, 0.3) is 10.0 Å². The molecule has 3 aromatic carbocycles. The molecule has 0 saturated heterocycles. The van der Waals surface area contributed by atoms with Crippen LogP contribution in [0.2, 0.25) is 0 Å². The van der Waals surface area contributed by atoms with Gasteiger partial charge in [-0.25, -0.2) is 12.8 Å². The summed E-state index contributed by atoms with van der Waals surface area (Å²) in [5, 5.41) is 2.77. The lowest BCUT2D eigenvalue weighted by atomic mass is 10.1. The van der Waals surface area contributed by atoms with E-state index in [1.165, 1.54) is 61.4 Å². The third kappa shape index (κ3) is 7.35. The van der Waals surface area contributed by atoms with Crippen LogP contribution in [0.4, 0.5) is 10.1 Å². The molecule has 3 rings (SSSR count). The smallest absolute Gasteiger partial charge is 0.264 e. The Kier molecular flexibility index (Phi) is 9.69. The minimum Gasteiger partial charge on any atom is -0.497 e. The number of sulfonamides is 1. The van der Waals surface area contributed by atoms with Gasteiger partial charge in [-0.1, -0.05) is 35.9 Å². The number of aryl methyl sites for hydroxylation is 1. The summed E-state index contributed by atoms with van der Waals surface area (Å²) in [6.45, 7) is 6.14. The lowest BCUT2D eigenvalue weighted by Gasteiger charge is -2.32. The van der Waals surface area contributed by atoms with Gasteiger partial charge in [0.1, 0.15) is 24.2 Å². The van der Waals surface area contributed by atoms with Gasteiger partial charge in [-0.2, -0.15) is 0 Å². The van der Waals surface area contributed by atoms with E-state index in [1.807, 2.05) is 6.92 Å². The van der Waals surface area contributed by atoms with Gasteiger partial charge in [-0.3, -0.25) is 13.9 Å². The molecule has 10 heteroatoms. The van der Waals surface area contributed by atoms with Crippen molar-refractivity contribution in [2.24, 2.45) is 0 Å². The zero-order valence-electron chi connectivity index (χ0n) is 22.7. The van der Waals surface area contributed by atoms with Gasteiger partial charge in [0.2, 0.25) is 11.8 Å². The second kappa shape index (κ2) is 12.8. The fourth-order valence-corrected chi connectivity index (χ4v) is 5.33. The third-order valence-corrected chi connectivity index (χ3v) is 7.93. The van der Waals surface area contributed by atoms with E-state index in [-0.39, 0.29) is 28.7 Å². The molecule has 3 aromatic rings. The molecule has 0 radical (unpaired) electrons. The van der Waals surface area contributed by atoms with Crippen LogP contribution in [0.15, 0.2) is 77.7 Å². The molecule has 0 heterocycles. The molecule has 0 spiro atoms. The molecule has 208 valence electrons. The molecule has 0 saturated carbocycles. The van der Waals surface area contributed by atoms with Crippen LogP contribution in [0.5, 0.6) is 5.75 Å². The molecule has 0 unspecified atom stereocenters. The van der Waals surface area contributed by atoms with Gasteiger partial charge in [0.15, 0.2) is 0 Å². The number of hydrogen-bond acceptors (Lipinski definition) is 5. The van der Waals surface area contributed by atoms with E-state index in [1.54, 1.807) is 44.2 Å². The fraction of sp³-hybridized carbons (Fsp3) is 0.310. The Balaban J connectivity index is 2.04. The largest absolute Gasteiger partial charge is 0.497 e. The highest BCUT2D eigenvalue weighted by atomic mass is 32.2. The van der Waals surface area contributed by atoms with Gasteiger partial charge >= 0.3 is 0 Å². The van der Waals surface area contributed by atoms with Crippen LogP contribution in [-0.2, 0) is 26.2 Å². The molecule has 1 atom stereocenters. The summed E-state index contributed by atoms with van der Waals surface area (Å²) in [4.78, 5) is 27.9. The molecule has 2 amide bonds. The lowest BCUT2D eigenvalue weighted by molar-refractivity contribution is -0.139. The summed E-state index contributed by atoms with van der Waals surface area (Å²) >= 11 is 0. The van der Waals surface area contributed by atoms with Crippen LogP contribution >= 0.6 is 0 Å². The number of ether oxygens (including phenoxy) is 1. The second-order valence-corrected chi connectivity index (χ2v) is 11.3. The maximum atomic E-state index is 14.6. The number of benzene rings is 3. The zero-order chi connectivity index (χ0) is 28.7. The molecular weight excluding hydrogens is 521 g/mol. The van der Waals surface area contributed by atoms with Crippen molar-refractivity contribution in [3.8, 4) is 5.75 Å². The Morgan fingerprint density at radius 2 is 1.56 bits per heavy atom. The predicted molar refractivity (Wildman–Crippen MR) is 148 cm³/mol. The Morgan fingerprint density at radius 1 is 0.949 bits per heavy atom. The number of amides is 2. The maximum Gasteiger partial charge on any atom is 0.264 e. The zero-order valence-corrected chi connectivity index (χ0v) is 23.5. The molecule has 8 nitrogen and oxygen atoms in total. The van der Waals surface area contributed by atoms with E-state index in [2.05, 4.69) is 5.32 Å². The lowest BCUT2D eigenvalue weighted by Crippen LogP contribution is -2.52. The summed E-state index contributed by atoms with van der Waals surface area (Å²) in [7, 11) is -2.74. The van der Waals surface area contributed by atoms with E-state index in [0.717, 1.165) is 9.87 Å². The number of carbonyl (C=O) groups is 2. The quantitative estimate of drug-likeness (QED) is 0.381. The van der Waals surface area contributed by atoms with E-state index in [9.17, 15) is 22.4 Å². The highest BCUT2D eigenvalue weighted by molar-refractivity contribution is 7.92. The first-order valence-electron chi connectivity index (χ1n) is 12.5. The van der Waals surface area contributed by atoms with Crippen LogP contribution in [0.1, 0.15) is 31.9 Å². The minimum atomic E-state index is -4.21. The highest BCUT2D eigenvalue weighted by Gasteiger charge is 2.33. The van der Waals surface area contributed by atoms with Crippen LogP contribution in [0.3, 0.4) is 0 Å².